The third kappa shape index (κ3) is 3.87. The number of carboxylic acid groups (broad SMARTS) is 1. The molecule has 0 spiro atoms. The Morgan fingerprint density at radius 2 is 2.11 bits per heavy atom. The first-order valence-electron chi connectivity index (χ1n) is 6.28. The first kappa shape index (κ1) is 12.6. The fourth-order valence-corrected chi connectivity index (χ4v) is 2.08. The van der Waals surface area contributed by atoms with E-state index < -0.39 is 5.97 Å². The third-order valence-electron chi connectivity index (χ3n) is 3.02. The minimum Gasteiger partial charge on any atom is -0.478 e. The Morgan fingerprint density at radius 3 is 2.72 bits per heavy atom. The van der Waals surface area contributed by atoms with E-state index in [1.165, 1.54) is 25.3 Å². The number of nitrogens with zero attached hydrogens (tertiary/aromatic N) is 1. The van der Waals surface area contributed by atoms with Crippen LogP contribution in [0.2, 0.25) is 0 Å². The van der Waals surface area contributed by atoms with Crippen LogP contribution in [0.25, 0.3) is 6.08 Å². The van der Waals surface area contributed by atoms with Crippen LogP contribution in [0.3, 0.4) is 0 Å². The van der Waals surface area contributed by atoms with E-state index in [1.807, 2.05) is 6.07 Å². The zero-order valence-corrected chi connectivity index (χ0v) is 10.2. The zero-order valence-electron chi connectivity index (χ0n) is 10.2. The first-order chi connectivity index (χ1) is 8.74. The lowest BCUT2D eigenvalue weighted by Crippen LogP contribution is -2.20. The van der Waals surface area contributed by atoms with Crippen LogP contribution < -0.4 is 4.74 Å². The fraction of sp³-hybridized carbons (Fsp3) is 0.429. The van der Waals surface area contributed by atoms with Crippen molar-refractivity contribution in [2.24, 2.45) is 0 Å². The highest BCUT2D eigenvalue weighted by Crippen LogP contribution is 2.22. The molecule has 2 rings (SSSR count). The Labute approximate surface area is 106 Å². The molecule has 1 aromatic rings. The van der Waals surface area contributed by atoms with E-state index >= 15 is 0 Å². The highest BCUT2D eigenvalue weighted by molar-refractivity contribution is 5.85. The maximum Gasteiger partial charge on any atom is 0.328 e. The first-order valence-corrected chi connectivity index (χ1v) is 6.28. The van der Waals surface area contributed by atoms with Gasteiger partial charge in [0.25, 0.3) is 0 Å². The van der Waals surface area contributed by atoms with E-state index in [4.69, 9.17) is 9.84 Å². The summed E-state index contributed by atoms with van der Waals surface area (Å²) >= 11 is 0. The van der Waals surface area contributed by atoms with E-state index in [0.717, 1.165) is 24.5 Å². The summed E-state index contributed by atoms with van der Waals surface area (Å²) in [4.78, 5) is 14.6. The van der Waals surface area contributed by atoms with Gasteiger partial charge < -0.3 is 9.84 Å². The predicted octanol–water partition coefficient (Wildman–Crippen LogP) is 2.89. The summed E-state index contributed by atoms with van der Waals surface area (Å²) in [6.07, 6.45) is 10.5. The number of carbonyl (C=O) groups is 1. The van der Waals surface area contributed by atoms with Gasteiger partial charge in [-0.2, -0.15) is 0 Å². The van der Waals surface area contributed by atoms with Gasteiger partial charge >= 0.3 is 5.97 Å². The van der Waals surface area contributed by atoms with Crippen molar-refractivity contribution in [2.75, 3.05) is 0 Å². The fourth-order valence-electron chi connectivity index (χ4n) is 2.08. The smallest absolute Gasteiger partial charge is 0.328 e. The van der Waals surface area contributed by atoms with Crippen molar-refractivity contribution in [3.63, 3.8) is 0 Å². The molecule has 1 N–H and O–H groups in total. The van der Waals surface area contributed by atoms with Crippen LogP contribution in [-0.4, -0.2) is 22.2 Å². The van der Waals surface area contributed by atoms with Crippen LogP contribution in [0, 0.1) is 0 Å². The molecule has 1 aromatic heterocycles. The van der Waals surface area contributed by atoms with E-state index in [2.05, 4.69) is 4.98 Å². The Morgan fingerprint density at radius 1 is 1.33 bits per heavy atom. The molecule has 1 aliphatic carbocycles. The molecule has 0 amide bonds. The van der Waals surface area contributed by atoms with Crippen molar-refractivity contribution in [1.82, 2.24) is 4.98 Å². The van der Waals surface area contributed by atoms with Crippen molar-refractivity contribution >= 4 is 12.0 Å². The Kier molecular flexibility index (Phi) is 4.34. The molecule has 1 heterocycles. The molecular weight excluding hydrogens is 230 g/mol. The Hall–Kier alpha value is -1.84. The zero-order chi connectivity index (χ0) is 12.8. The molecule has 0 bridgehead atoms. The topological polar surface area (TPSA) is 59.4 Å². The number of pyridine rings is 1. The summed E-state index contributed by atoms with van der Waals surface area (Å²) in [5.41, 5.74) is 0.758. The highest BCUT2D eigenvalue weighted by Gasteiger charge is 2.14. The van der Waals surface area contributed by atoms with Gasteiger partial charge in [0.1, 0.15) is 6.10 Å². The lowest BCUT2D eigenvalue weighted by molar-refractivity contribution is -0.131. The lowest BCUT2D eigenvalue weighted by atomic mass is 9.98. The second kappa shape index (κ2) is 6.19. The summed E-state index contributed by atoms with van der Waals surface area (Å²) in [5, 5.41) is 8.51. The summed E-state index contributed by atoms with van der Waals surface area (Å²) in [5.74, 6) is -0.341. The SMILES string of the molecule is O=C(O)C=Cc1ccc(OC2CCCCC2)nc1. The molecule has 0 atom stereocenters. The highest BCUT2D eigenvalue weighted by atomic mass is 16.5. The number of ether oxygens (including phenoxy) is 1. The number of hydrogen-bond donors (Lipinski definition) is 1. The molecule has 4 heteroatoms. The van der Waals surface area contributed by atoms with Crippen LogP contribution in [0.1, 0.15) is 37.7 Å². The van der Waals surface area contributed by atoms with Crippen LogP contribution in [0.15, 0.2) is 24.4 Å². The van der Waals surface area contributed by atoms with Gasteiger partial charge in [-0.15, -0.1) is 0 Å². The number of aliphatic carboxylic acids is 1. The van der Waals surface area contributed by atoms with Crippen molar-refractivity contribution in [1.29, 1.82) is 0 Å². The Bertz CT molecular complexity index is 419. The summed E-state index contributed by atoms with van der Waals surface area (Å²) in [6, 6.07) is 3.60. The van der Waals surface area contributed by atoms with Gasteiger partial charge in [-0.25, -0.2) is 9.78 Å². The van der Waals surface area contributed by atoms with E-state index in [0.29, 0.717) is 5.88 Å². The van der Waals surface area contributed by atoms with Gasteiger partial charge in [-0.3, -0.25) is 0 Å². The van der Waals surface area contributed by atoms with Gasteiger partial charge in [0.2, 0.25) is 5.88 Å². The van der Waals surface area contributed by atoms with Gasteiger partial charge in [0, 0.05) is 18.3 Å². The summed E-state index contributed by atoms with van der Waals surface area (Å²) in [6.45, 7) is 0. The molecule has 4 nitrogen and oxygen atoms in total. The van der Waals surface area contributed by atoms with Crippen molar-refractivity contribution < 1.29 is 14.6 Å². The van der Waals surface area contributed by atoms with Crippen LogP contribution in [-0.2, 0) is 4.79 Å². The number of carboxylic acids is 1. The lowest BCUT2D eigenvalue weighted by Gasteiger charge is -2.22. The van der Waals surface area contributed by atoms with E-state index in [1.54, 1.807) is 12.3 Å². The van der Waals surface area contributed by atoms with Gasteiger partial charge in [-0.1, -0.05) is 6.42 Å². The molecule has 0 aliphatic heterocycles. The maximum atomic E-state index is 10.4. The van der Waals surface area contributed by atoms with E-state index in [9.17, 15) is 4.79 Å². The molecule has 1 fully saturated rings. The van der Waals surface area contributed by atoms with Crippen molar-refractivity contribution in [2.45, 2.75) is 38.2 Å². The largest absolute Gasteiger partial charge is 0.478 e. The standard InChI is InChI=1S/C14H17NO3/c16-14(17)9-7-11-6-8-13(15-10-11)18-12-4-2-1-3-5-12/h6-10,12H,1-5H2,(H,16,17). The minimum atomic E-state index is -0.961. The number of rotatable bonds is 4. The molecule has 0 unspecified atom stereocenters. The average Bonchev–Trinajstić information content (AvgIpc) is 2.39. The summed E-state index contributed by atoms with van der Waals surface area (Å²) < 4.78 is 5.78. The molecular formula is C14H17NO3. The molecule has 0 radical (unpaired) electrons. The van der Waals surface area contributed by atoms with Crippen LogP contribution in [0.5, 0.6) is 5.88 Å². The molecule has 0 aromatic carbocycles. The number of hydrogen-bond acceptors (Lipinski definition) is 3. The van der Waals surface area contributed by atoms with Crippen LogP contribution in [0.4, 0.5) is 0 Å². The maximum absolute atomic E-state index is 10.4. The Balaban J connectivity index is 1.92. The molecule has 96 valence electrons. The summed E-state index contributed by atoms with van der Waals surface area (Å²) in [7, 11) is 0. The van der Waals surface area contributed by atoms with E-state index in [-0.39, 0.29) is 6.10 Å². The predicted molar refractivity (Wildman–Crippen MR) is 68.4 cm³/mol. The van der Waals surface area contributed by atoms with Crippen LogP contribution >= 0.6 is 0 Å². The minimum absolute atomic E-state index is 0.284. The average molecular weight is 247 g/mol. The van der Waals surface area contributed by atoms with Crippen molar-refractivity contribution in [3.8, 4) is 5.88 Å². The van der Waals surface area contributed by atoms with Gasteiger partial charge in [0.05, 0.1) is 0 Å². The number of aromatic nitrogens is 1. The van der Waals surface area contributed by atoms with Gasteiger partial charge in [-0.05, 0) is 43.4 Å². The molecule has 1 saturated carbocycles. The van der Waals surface area contributed by atoms with Crippen molar-refractivity contribution in [3.05, 3.63) is 30.0 Å². The quantitative estimate of drug-likeness (QED) is 0.831. The van der Waals surface area contributed by atoms with Gasteiger partial charge in [0.15, 0.2) is 0 Å². The molecule has 1 aliphatic rings. The monoisotopic (exact) mass is 247 g/mol. The second-order valence-electron chi connectivity index (χ2n) is 4.48. The third-order valence-corrected chi connectivity index (χ3v) is 3.02. The second-order valence-corrected chi connectivity index (χ2v) is 4.48. The molecule has 0 saturated heterocycles. The molecule has 18 heavy (non-hydrogen) atoms. The normalized spacial score (nSPS) is 16.9.